The van der Waals surface area contributed by atoms with Gasteiger partial charge in [-0.25, -0.2) is 9.37 Å². The Hall–Kier alpha value is -0.780. The van der Waals surface area contributed by atoms with Gasteiger partial charge in [0.1, 0.15) is 10.8 Å². The molecule has 112 valence electrons. The lowest BCUT2D eigenvalue weighted by Crippen LogP contribution is -2.13. The van der Waals surface area contributed by atoms with Gasteiger partial charge in [-0.2, -0.15) is 0 Å². The highest BCUT2D eigenvalue weighted by Gasteiger charge is 2.29. The van der Waals surface area contributed by atoms with Crippen LogP contribution >= 0.6 is 27.3 Å². The third-order valence-corrected chi connectivity index (χ3v) is 5.33. The maximum Gasteiger partial charge on any atom is 0.125 e. The van der Waals surface area contributed by atoms with Gasteiger partial charge < -0.3 is 5.32 Å². The van der Waals surface area contributed by atoms with Crippen molar-refractivity contribution in [3.8, 4) is 10.6 Å². The number of hydrogen-bond acceptors (Lipinski definition) is 3. The molecule has 1 aromatic carbocycles. The Kier molecular flexibility index (Phi) is 4.72. The van der Waals surface area contributed by atoms with E-state index < -0.39 is 0 Å². The minimum absolute atomic E-state index is 0.227. The summed E-state index contributed by atoms with van der Waals surface area (Å²) in [5, 5.41) is 4.45. The lowest BCUT2D eigenvalue weighted by molar-refractivity contribution is 0.627. The topological polar surface area (TPSA) is 24.9 Å². The van der Waals surface area contributed by atoms with E-state index in [-0.39, 0.29) is 5.82 Å². The minimum Gasteiger partial charge on any atom is -0.312 e. The predicted octanol–water partition coefficient (Wildman–Crippen LogP) is 5.09. The molecule has 0 atom stereocenters. The fourth-order valence-corrected chi connectivity index (χ4v) is 4.15. The van der Waals surface area contributed by atoms with Crippen molar-refractivity contribution in [3.63, 3.8) is 0 Å². The molecule has 1 N–H and O–H groups in total. The van der Waals surface area contributed by atoms with Crippen LogP contribution in [-0.2, 0) is 6.54 Å². The Labute approximate surface area is 136 Å². The third-order valence-electron chi connectivity index (χ3n) is 3.57. The number of rotatable bonds is 6. The maximum atomic E-state index is 13.2. The second kappa shape index (κ2) is 6.55. The summed E-state index contributed by atoms with van der Waals surface area (Å²) in [6.07, 6.45) is 3.62. The summed E-state index contributed by atoms with van der Waals surface area (Å²) < 4.78 is 14.0. The van der Waals surface area contributed by atoms with E-state index in [0.29, 0.717) is 5.92 Å². The van der Waals surface area contributed by atoms with Crippen molar-refractivity contribution in [1.29, 1.82) is 0 Å². The number of nitrogens with one attached hydrogen (secondary N) is 1. The van der Waals surface area contributed by atoms with Crippen molar-refractivity contribution < 1.29 is 4.39 Å². The summed E-state index contributed by atoms with van der Waals surface area (Å²) in [4.78, 5) is 6.17. The van der Waals surface area contributed by atoms with Crippen LogP contribution in [0.4, 0.5) is 4.39 Å². The van der Waals surface area contributed by atoms with Gasteiger partial charge in [0, 0.05) is 27.4 Å². The molecule has 0 amide bonds. The first-order chi connectivity index (χ1) is 10.2. The molecule has 0 aliphatic heterocycles. The van der Waals surface area contributed by atoms with Gasteiger partial charge in [0.2, 0.25) is 0 Å². The summed E-state index contributed by atoms with van der Waals surface area (Å²) in [5.41, 5.74) is 2.22. The Balaban J connectivity index is 1.90. The highest BCUT2D eigenvalue weighted by atomic mass is 79.9. The molecule has 5 heteroatoms. The number of benzene rings is 1. The largest absolute Gasteiger partial charge is 0.312 e. The van der Waals surface area contributed by atoms with Crippen LogP contribution in [0.25, 0.3) is 10.6 Å². The van der Waals surface area contributed by atoms with Crippen LogP contribution in [0.3, 0.4) is 0 Å². The number of aromatic nitrogens is 1. The zero-order chi connectivity index (χ0) is 14.8. The average Bonchev–Trinajstić information content (AvgIpc) is 3.21. The Morgan fingerprint density at radius 3 is 2.90 bits per heavy atom. The van der Waals surface area contributed by atoms with E-state index in [1.54, 1.807) is 17.4 Å². The van der Waals surface area contributed by atoms with E-state index in [1.165, 1.54) is 35.5 Å². The van der Waals surface area contributed by atoms with Crippen LogP contribution in [-0.4, -0.2) is 11.5 Å². The first-order valence-electron chi connectivity index (χ1n) is 7.34. The summed E-state index contributed by atoms with van der Waals surface area (Å²) >= 11 is 5.17. The lowest BCUT2D eigenvalue weighted by Gasteiger charge is -2.02. The quantitative estimate of drug-likeness (QED) is 0.718. The normalized spacial score (nSPS) is 14.6. The molecule has 1 aliphatic carbocycles. The molecule has 3 rings (SSSR count). The molecule has 0 radical (unpaired) electrons. The van der Waals surface area contributed by atoms with Crippen molar-refractivity contribution in [2.24, 2.45) is 0 Å². The van der Waals surface area contributed by atoms with E-state index in [2.05, 4.69) is 28.2 Å². The van der Waals surface area contributed by atoms with Crippen LogP contribution in [0.2, 0.25) is 0 Å². The highest BCUT2D eigenvalue weighted by molar-refractivity contribution is 9.10. The van der Waals surface area contributed by atoms with Gasteiger partial charge in [-0.05, 0) is 59.9 Å². The predicted molar refractivity (Wildman–Crippen MR) is 89.2 cm³/mol. The first kappa shape index (κ1) is 15.1. The SMILES string of the molecule is CCCNCc1sc(-c2ccc(F)cc2Br)nc1C1CC1. The molecule has 0 unspecified atom stereocenters. The van der Waals surface area contributed by atoms with Crippen LogP contribution in [0, 0.1) is 5.82 Å². The van der Waals surface area contributed by atoms with Crippen molar-refractivity contribution in [3.05, 3.63) is 39.1 Å². The van der Waals surface area contributed by atoms with Crippen molar-refractivity contribution in [2.45, 2.75) is 38.6 Å². The van der Waals surface area contributed by atoms with E-state index in [9.17, 15) is 4.39 Å². The molecule has 0 spiro atoms. The molecule has 1 aliphatic rings. The van der Waals surface area contributed by atoms with Crippen LogP contribution in [0.1, 0.15) is 42.7 Å². The summed E-state index contributed by atoms with van der Waals surface area (Å²) in [7, 11) is 0. The molecular weight excluding hydrogens is 351 g/mol. The third kappa shape index (κ3) is 3.52. The zero-order valence-corrected chi connectivity index (χ0v) is 14.4. The fourth-order valence-electron chi connectivity index (χ4n) is 2.32. The van der Waals surface area contributed by atoms with Crippen molar-refractivity contribution in [1.82, 2.24) is 10.3 Å². The number of hydrogen-bond donors (Lipinski definition) is 1. The second-order valence-corrected chi connectivity index (χ2v) is 7.34. The molecule has 2 aromatic rings. The molecule has 1 fully saturated rings. The lowest BCUT2D eigenvalue weighted by atomic mass is 10.2. The standard InChI is InChI=1S/C16H18BrFN2S/c1-2-7-19-9-14-15(10-3-4-10)20-16(21-14)12-6-5-11(18)8-13(12)17/h5-6,8,10,19H,2-4,7,9H2,1H3. The fraction of sp³-hybridized carbons (Fsp3) is 0.438. The molecule has 0 saturated heterocycles. The van der Waals surface area contributed by atoms with Gasteiger partial charge in [0.25, 0.3) is 0 Å². The average molecular weight is 369 g/mol. The number of nitrogens with zero attached hydrogens (tertiary/aromatic N) is 1. The van der Waals surface area contributed by atoms with Gasteiger partial charge in [-0.15, -0.1) is 11.3 Å². The molecule has 2 nitrogen and oxygen atoms in total. The smallest absolute Gasteiger partial charge is 0.125 e. The van der Waals surface area contributed by atoms with Crippen molar-refractivity contribution in [2.75, 3.05) is 6.54 Å². The van der Waals surface area contributed by atoms with Gasteiger partial charge in [-0.1, -0.05) is 6.92 Å². The number of halogens is 2. The molecule has 1 aromatic heterocycles. The van der Waals surface area contributed by atoms with E-state index in [0.717, 1.165) is 34.6 Å². The van der Waals surface area contributed by atoms with Gasteiger partial charge >= 0.3 is 0 Å². The summed E-state index contributed by atoms with van der Waals surface area (Å²) in [6.45, 7) is 4.08. The van der Waals surface area contributed by atoms with Crippen LogP contribution < -0.4 is 5.32 Å². The van der Waals surface area contributed by atoms with E-state index in [1.807, 2.05) is 0 Å². The molecule has 1 saturated carbocycles. The van der Waals surface area contributed by atoms with Crippen LogP contribution in [0.15, 0.2) is 22.7 Å². The zero-order valence-electron chi connectivity index (χ0n) is 12.0. The highest BCUT2D eigenvalue weighted by Crippen LogP contribution is 2.45. The molecular formula is C16H18BrFN2S. The van der Waals surface area contributed by atoms with Crippen molar-refractivity contribution >= 4 is 27.3 Å². The monoisotopic (exact) mass is 368 g/mol. The van der Waals surface area contributed by atoms with Gasteiger partial charge in [0.05, 0.1) is 5.69 Å². The summed E-state index contributed by atoms with van der Waals surface area (Å²) in [6, 6.07) is 4.80. The Bertz CT molecular complexity index is 637. The Morgan fingerprint density at radius 2 is 2.24 bits per heavy atom. The van der Waals surface area contributed by atoms with Crippen LogP contribution in [0.5, 0.6) is 0 Å². The first-order valence-corrected chi connectivity index (χ1v) is 8.95. The van der Waals surface area contributed by atoms with E-state index >= 15 is 0 Å². The Morgan fingerprint density at radius 1 is 1.43 bits per heavy atom. The van der Waals surface area contributed by atoms with E-state index in [4.69, 9.17) is 4.98 Å². The molecule has 21 heavy (non-hydrogen) atoms. The maximum absolute atomic E-state index is 13.2. The van der Waals surface area contributed by atoms with Gasteiger partial charge in [0.15, 0.2) is 0 Å². The second-order valence-electron chi connectivity index (χ2n) is 5.40. The molecule has 1 heterocycles. The minimum atomic E-state index is -0.227. The van der Waals surface area contributed by atoms with Gasteiger partial charge in [-0.3, -0.25) is 0 Å². The number of thiazole rings is 1. The summed E-state index contributed by atoms with van der Waals surface area (Å²) in [5.74, 6) is 0.405. The molecule has 0 bridgehead atoms.